The number of pyridine rings is 1. The van der Waals surface area contributed by atoms with Crippen LogP contribution in [0.4, 0.5) is 0 Å². The van der Waals surface area contributed by atoms with Gasteiger partial charge in [0.05, 0.1) is 6.61 Å². The summed E-state index contributed by atoms with van der Waals surface area (Å²) in [5.41, 5.74) is 0.455. The van der Waals surface area contributed by atoms with E-state index in [1.807, 2.05) is 6.07 Å². The van der Waals surface area contributed by atoms with Crippen LogP contribution in [-0.2, 0) is 4.74 Å². The molecule has 1 rings (SSSR count). The van der Waals surface area contributed by atoms with Crippen molar-refractivity contribution in [3.63, 3.8) is 0 Å². The molecule has 0 amide bonds. The quantitative estimate of drug-likeness (QED) is 0.594. The molecule has 0 unspecified atom stereocenters. The van der Waals surface area contributed by atoms with Crippen molar-refractivity contribution >= 4 is 18.2 Å². The highest BCUT2D eigenvalue weighted by atomic mass is 32.1. The Morgan fingerprint density at radius 3 is 3.00 bits per heavy atom. The van der Waals surface area contributed by atoms with Crippen LogP contribution in [0.15, 0.2) is 12.1 Å². The van der Waals surface area contributed by atoms with Gasteiger partial charge in [-0.2, -0.15) is 5.26 Å². The number of rotatable bonds is 2. The highest BCUT2D eigenvalue weighted by Gasteiger charge is 2.07. The standard InChI is InChI=1S/C9H8N2O2S/c1-2-13-9(12)8-4-7(14)3-6(5-10)11-8/h3-4H,2H2,1H3,(H,11,14). The van der Waals surface area contributed by atoms with Crippen molar-refractivity contribution in [2.45, 2.75) is 6.92 Å². The number of nitrogens with one attached hydrogen (secondary N) is 1. The second kappa shape index (κ2) is 4.53. The predicted molar refractivity (Wildman–Crippen MR) is 52.3 cm³/mol. The van der Waals surface area contributed by atoms with Crippen molar-refractivity contribution in [2.24, 2.45) is 0 Å². The van der Waals surface area contributed by atoms with Gasteiger partial charge in [-0.15, -0.1) is 0 Å². The number of H-pyrrole nitrogens is 1. The summed E-state index contributed by atoms with van der Waals surface area (Å²) in [7, 11) is 0. The average molecular weight is 208 g/mol. The first-order valence-electron chi connectivity index (χ1n) is 3.99. The van der Waals surface area contributed by atoms with Gasteiger partial charge in [0, 0.05) is 4.51 Å². The lowest BCUT2D eigenvalue weighted by Crippen LogP contribution is -2.07. The molecule has 0 saturated carbocycles. The summed E-state index contributed by atoms with van der Waals surface area (Å²) in [6, 6.07) is 4.83. The first kappa shape index (κ1) is 10.4. The number of aromatic nitrogens is 1. The largest absolute Gasteiger partial charge is 0.461 e. The minimum atomic E-state index is -0.504. The van der Waals surface area contributed by atoms with Gasteiger partial charge in [-0.1, -0.05) is 12.2 Å². The molecule has 0 spiro atoms. The molecule has 0 bridgehead atoms. The lowest BCUT2D eigenvalue weighted by Gasteiger charge is -2.01. The highest BCUT2D eigenvalue weighted by molar-refractivity contribution is 7.71. The van der Waals surface area contributed by atoms with Crippen molar-refractivity contribution in [2.75, 3.05) is 6.61 Å². The molecule has 0 aliphatic carbocycles. The molecule has 1 heterocycles. The van der Waals surface area contributed by atoms with Crippen molar-refractivity contribution in [1.29, 1.82) is 5.26 Å². The van der Waals surface area contributed by atoms with Crippen molar-refractivity contribution in [1.82, 2.24) is 4.98 Å². The summed E-state index contributed by atoms with van der Waals surface area (Å²) in [6.45, 7) is 2.00. The van der Waals surface area contributed by atoms with E-state index in [-0.39, 0.29) is 18.0 Å². The van der Waals surface area contributed by atoms with Crippen LogP contribution < -0.4 is 0 Å². The SMILES string of the molecule is CCOC(=O)c1cc(=S)cc(C#N)[nH]1. The minimum Gasteiger partial charge on any atom is -0.461 e. The predicted octanol–water partition coefficient (Wildman–Crippen LogP) is 1.79. The zero-order valence-electron chi connectivity index (χ0n) is 7.53. The Morgan fingerprint density at radius 1 is 1.71 bits per heavy atom. The summed E-state index contributed by atoms with van der Waals surface area (Å²) >= 11 is 4.88. The van der Waals surface area contributed by atoms with E-state index < -0.39 is 5.97 Å². The van der Waals surface area contributed by atoms with Crippen LogP contribution >= 0.6 is 12.2 Å². The topological polar surface area (TPSA) is 65.9 Å². The number of aromatic amines is 1. The Morgan fingerprint density at radius 2 is 2.43 bits per heavy atom. The average Bonchev–Trinajstić information content (AvgIpc) is 2.17. The lowest BCUT2D eigenvalue weighted by atomic mass is 10.3. The third-order valence-electron chi connectivity index (χ3n) is 1.46. The highest BCUT2D eigenvalue weighted by Crippen LogP contribution is 2.02. The number of nitrogens with zero attached hydrogens (tertiary/aromatic N) is 1. The fourth-order valence-corrected chi connectivity index (χ4v) is 1.16. The Bertz CT molecular complexity index is 445. The lowest BCUT2D eigenvalue weighted by molar-refractivity contribution is 0.0519. The molecule has 0 radical (unpaired) electrons. The molecule has 0 saturated heterocycles. The Balaban J connectivity index is 3.11. The monoisotopic (exact) mass is 208 g/mol. The van der Waals surface area contributed by atoms with Gasteiger partial charge < -0.3 is 9.72 Å². The molecular formula is C9H8N2O2S. The van der Waals surface area contributed by atoms with Gasteiger partial charge in [-0.3, -0.25) is 0 Å². The fourth-order valence-electron chi connectivity index (χ4n) is 0.922. The molecule has 4 nitrogen and oxygen atoms in total. The minimum absolute atomic E-state index is 0.205. The number of nitriles is 1. The summed E-state index contributed by atoms with van der Waals surface area (Å²) in [6.07, 6.45) is 0. The first-order chi connectivity index (χ1) is 6.67. The molecule has 72 valence electrons. The van der Waals surface area contributed by atoms with Crippen LogP contribution in [0.3, 0.4) is 0 Å². The summed E-state index contributed by atoms with van der Waals surface area (Å²) in [5, 5.41) is 8.62. The van der Waals surface area contributed by atoms with Crippen molar-refractivity contribution in [3.8, 4) is 6.07 Å². The third kappa shape index (κ3) is 2.41. The molecule has 5 heteroatoms. The van der Waals surface area contributed by atoms with E-state index in [0.29, 0.717) is 4.51 Å². The molecule has 14 heavy (non-hydrogen) atoms. The number of esters is 1. The Hall–Kier alpha value is -1.67. The second-order valence-electron chi connectivity index (χ2n) is 2.48. The fraction of sp³-hybridized carbons (Fsp3) is 0.222. The number of carbonyl (C=O) groups is 1. The molecule has 1 aromatic rings. The van der Waals surface area contributed by atoms with E-state index in [4.69, 9.17) is 22.2 Å². The maximum atomic E-state index is 11.3. The van der Waals surface area contributed by atoms with E-state index in [0.717, 1.165) is 0 Å². The van der Waals surface area contributed by atoms with Gasteiger partial charge in [0.25, 0.3) is 0 Å². The van der Waals surface area contributed by atoms with E-state index in [1.54, 1.807) is 6.92 Å². The first-order valence-corrected chi connectivity index (χ1v) is 4.39. The van der Waals surface area contributed by atoms with Crippen LogP contribution in [0, 0.1) is 15.8 Å². The van der Waals surface area contributed by atoms with Crippen molar-refractivity contribution in [3.05, 3.63) is 28.0 Å². The third-order valence-corrected chi connectivity index (χ3v) is 1.69. The Labute approximate surface area is 86.1 Å². The van der Waals surface area contributed by atoms with Gasteiger partial charge in [-0.25, -0.2) is 4.79 Å². The summed E-state index contributed by atoms with van der Waals surface area (Å²) in [5.74, 6) is -0.504. The van der Waals surface area contributed by atoms with Crippen molar-refractivity contribution < 1.29 is 9.53 Å². The number of hydrogen-bond acceptors (Lipinski definition) is 4. The van der Waals surface area contributed by atoms with Gasteiger partial charge in [0.1, 0.15) is 17.5 Å². The summed E-state index contributed by atoms with van der Waals surface area (Å²) in [4.78, 5) is 13.9. The van der Waals surface area contributed by atoms with E-state index in [9.17, 15) is 4.79 Å². The maximum Gasteiger partial charge on any atom is 0.354 e. The second-order valence-corrected chi connectivity index (χ2v) is 2.95. The van der Waals surface area contributed by atoms with E-state index in [1.165, 1.54) is 12.1 Å². The van der Waals surface area contributed by atoms with Crippen LogP contribution in [0.2, 0.25) is 0 Å². The van der Waals surface area contributed by atoms with Gasteiger partial charge >= 0.3 is 5.97 Å². The maximum absolute atomic E-state index is 11.3. The normalized spacial score (nSPS) is 9.14. The van der Waals surface area contributed by atoms with Gasteiger partial charge in [0.2, 0.25) is 0 Å². The molecule has 1 aromatic heterocycles. The molecule has 0 fully saturated rings. The van der Waals surface area contributed by atoms with Gasteiger partial charge in [-0.05, 0) is 19.1 Å². The smallest absolute Gasteiger partial charge is 0.354 e. The van der Waals surface area contributed by atoms with E-state index >= 15 is 0 Å². The molecule has 0 aromatic carbocycles. The van der Waals surface area contributed by atoms with E-state index in [2.05, 4.69) is 4.98 Å². The zero-order valence-corrected chi connectivity index (χ0v) is 8.35. The van der Waals surface area contributed by atoms with Crippen LogP contribution in [-0.4, -0.2) is 17.6 Å². The number of carbonyl (C=O) groups excluding carboxylic acids is 1. The molecular weight excluding hydrogens is 200 g/mol. The molecule has 1 N–H and O–H groups in total. The molecule has 0 atom stereocenters. The van der Waals surface area contributed by atoms with Gasteiger partial charge in [0.15, 0.2) is 0 Å². The Kier molecular flexibility index (Phi) is 3.37. The van der Waals surface area contributed by atoms with Crippen LogP contribution in [0.5, 0.6) is 0 Å². The zero-order chi connectivity index (χ0) is 10.6. The number of ether oxygens (including phenoxy) is 1. The number of hydrogen-bond donors (Lipinski definition) is 1. The molecule has 0 aliphatic heterocycles. The van der Waals surface area contributed by atoms with Crippen LogP contribution in [0.1, 0.15) is 23.1 Å². The van der Waals surface area contributed by atoms with Crippen LogP contribution in [0.25, 0.3) is 0 Å². The molecule has 0 aliphatic rings. The summed E-state index contributed by atoms with van der Waals surface area (Å²) < 4.78 is 5.19.